The topological polar surface area (TPSA) is 12.0 Å². The first-order valence-corrected chi connectivity index (χ1v) is 6.80. The molecule has 0 saturated heterocycles. The van der Waals surface area contributed by atoms with Gasteiger partial charge in [0.25, 0.3) is 0 Å². The van der Waals surface area contributed by atoms with Crippen LogP contribution in [0.3, 0.4) is 0 Å². The molecule has 0 spiro atoms. The quantitative estimate of drug-likeness (QED) is 0.834. The maximum atomic E-state index is 13.3. The Labute approximate surface area is 121 Å². The van der Waals surface area contributed by atoms with Crippen molar-refractivity contribution >= 4 is 27.2 Å². The molecule has 0 aliphatic carbocycles. The molecule has 0 saturated carbocycles. The summed E-state index contributed by atoms with van der Waals surface area (Å²) in [5.41, 5.74) is 3.89. The van der Waals surface area contributed by atoms with E-state index in [2.05, 4.69) is 27.8 Å². The summed E-state index contributed by atoms with van der Waals surface area (Å²) in [6.45, 7) is 6.57. The second-order valence-corrected chi connectivity index (χ2v) is 5.26. The minimum atomic E-state index is -0.245. The second-order valence-electron chi connectivity index (χ2n) is 4.40. The molecule has 0 atom stereocenters. The molecule has 0 aliphatic heterocycles. The molecule has 0 aromatic heterocycles. The van der Waals surface area contributed by atoms with Crippen LogP contribution in [0.1, 0.15) is 11.1 Å². The Bertz CT molecular complexity index is 593. The van der Waals surface area contributed by atoms with Crippen molar-refractivity contribution in [2.45, 2.75) is 6.92 Å². The van der Waals surface area contributed by atoms with Crippen LogP contribution in [0, 0.1) is 12.7 Å². The zero-order valence-electron chi connectivity index (χ0n) is 10.7. The highest BCUT2D eigenvalue weighted by atomic mass is 79.9. The molecule has 0 bridgehead atoms. The molecule has 2 rings (SSSR count). The molecular formula is C16H15BrFN. The van der Waals surface area contributed by atoms with Gasteiger partial charge >= 0.3 is 0 Å². The number of nitrogens with one attached hydrogen (secondary N) is 1. The Kier molecular flexibility index (Phi) is 4.38. The molecule has 0 heterocycles. The molecule has 0 aliphatic rings. The van der Waals surface area contributed by atoms with E-state index in [4.69, 9.17) is 0 Å². The van der Waals surface area contributed by atoms with Crippen molar-refractivity contribution in [3.8, 4) is 0 Å². The molecule has 3 heteroatoms. The van der Waals surface area contributed by atoms with Crippen molar-refractivity contribution in [2.75, 3.05) is 11.9 Å². The largest absolute Gasteiger partial charge is 0.381 e. The molecule has 98 valence electrons. The summed E-state index contributed by atoms with van der Waals surface area (Å²) in [6.07, 6.45) is 0. The third-order valence-corrected chi connectivity index (χ3v) is 3.55. The summed E-state index contributed by atoms with van der Waals surface area (Å²) >= 11 is 3.19. The fraction of sp³-hybridized carbons (Fsp3) is 0.125. The molecule has 0 radical (unpaired) electrons. The van der Waals surface area contributed by atoms with Crippen LogP contribution < -0.4 is 5.32 Å². The molecular weight excluding hydrogens is 305 g/mol. The smallest absolute Gasteiger partial charge is 0.137 e. The fourth-order valence-corrected chi connectivity index (χ4v) is 2.16. The highest BCUT2D eigenvalue weighted by molar-refractivity contribution is 9.10. The number of rotatable bonds is 4. The van der Waals surface area contributed by atoms with Crippen LogP contribution in [0.15, 0.2) is 53.5 Å². The van der Waals surface area contributed by atoms with E-state index in [-0.39, 0.29) is 5.82 Å². The standard InChI is InChI=1S/C16H15BrFN/c1-11-8-15(18)14(17)9-16(11)19-10-12(2)13-6-4-3-5-7-13/h3-9,19H,2,10H2,1H3. The first-order chi connectivity index (χ1) is 9.08. The van der Waals surface area contributed by atoms with Crippen molar-refractivity contribution < 1.29 is 4.39 Å². The van der Waals surface area contributed by atoms with Gasteiger partial charge in [0, 0.05) is 12.2 Å². The third kappa shape index (κ3) is 3.44. The summed E-state index contributed by atoms with van der Waals surface area (Å²) in [4.78, 5) is 0. The van der Waals surface area contributed by atoms with Gasteiger partial charge < -0.3 is 5.32 Å². The van der Waals surface area contributed by atoms with Gasteiger partial charge in [0.05, 0.1) is 4.47 Å². The molecule has 0 amide bonds. The summed E-state index contributed by atoms with van der Waals surface area (Å²) in [6, 6.07) is 13.3. The lowest BCUT2D eigenvalue weighted by Crippen LogP contribution is -2.05. The van der Waals surface area contributed by atoms with E-state index in [9.17, 15) is 4.39 Å². The van der Waals surface area contributed by atoms with Gasteiger partial charge in [0.2, 0.25) is 0 Å². The number of halogens is 2. The van der Waals surface area contributed by atoms with Gasteiger partial charge in [-0.25, -0.2) is 4.39 Å². The number of anilines is 1. The van der Waals surface area contributed by atoms with Gasteiger partial charge in [-0.15, -0.1) is 0 Å². The first kappa shape index (κ1) is 13.8. The van der Waals surface area contributed by atoms with Crippen molar-refractivity contribution in [1.29, 1.82) is 0 Å². The van der Waals surface area contributed by atoms with E-state index in [1.54, 1.807) is 6.07 Å². The zero-order valence-corrected chi connectivity index (χ0v) is 12.3. The lowest BCUT2D eigenvalue weighted by molar-refractivity contribution is 0.620. The molecule has 1 nitrogen and oxygen atoms in total. The van der Waals surface area contributed by atoms with Gasteiger partial charge in [-0.1, -0.05) is 36.9 Å². The van der Waals surface area contributed by atoms with Crippen molar-refractivity contribution in [3.63, 3.8) is 0 Å². The summed E-state index contributed by atoms with van der Waals surface area (Å²) in [7, 11) is 0. The van der Waals surface area contributed by atoms with E-state index in [0.717, 1.165) is 22.4 Å². The number of benzene rings is 2. The third-order valence-electron chi connectivity index (χ3n) is 2.94. The first-order valence-electron chi connectivity index (χ1n) is 6.00. The number of hydrogen-bond donors (Lipinski definition) is 1. The number of hydrogen-bond acceptors (Lipinski definition) is 1. The van der Waals surface area contributed by atoms with E-state index < -0.39 is 0 Å². The summed E-state index contributed by atoms with van der Waals surface area (Å²) < 4.78 is 13.8. The Morgan fingerprint density at radius 1 is 1.26 bits per heavy atom. The van der Waals surface area contributed by atoms with Crippen molar-refractivity contribution in [2.24, 2.45) is 0 Å². The van der Waals surface area contributed by atoms with Crippen molar-refractivity contribution in [1.82, 2.24) is 0 Å². The summed E-state index contributed by atoms with van der Waals surface area (Å²) in [5, 5.41) is 3.28. The maximum absolute atomic E-state index is 13.3. The van der Waals surface area contributed by atoms with Gasteiger partial charge in [-0.2, -0.15) is 0 Å². The lowest BCUT2D eigenvalue weighted by atomic mass is 10.1. The van der Waals surface area contributed by atoms with Crippen LogP contribution in [0.25, 0.3) is 5.57 Å². The number of aryl methyl sites for hydroxylation is 1. The predicted octanol–water partition coefficient (Wildman–Crippen LogP) is 5.02. The Morgan fingerprint density at radius 2 is 1.95 bits per heavy atom. The highest BCUT2D eigenvalue weighted by Crippen LogP contribution is 2.25. The van der Waals surface area contributed by atoms with Gasteiger partial charge in [-0.3, -0.25) is 0 Å². The molecule has 2 aromatic rings. The summed E-state index contributed by atoms with van der Waals surface area (Å²) in [5.74, 6) is -0.245. The molecule has 0 fully saturated rings. The van der Waals surface area contributed by atoms with Crippen LogP contribution in [-0.2, 0) is 0 Å². The highest BCUT2D eigenvalue weighted by Gasteiger charge is 2.05. The van der Waals surface area contributed by atoms with Crippen LogP contribution in [0.2, 0.25) is 0 Å². The lowest BCUT2D eigenvalue weighted by Gasteiger charge is -2.12. The molecule has 1 N–H and O–H groups in total. The van der Waals surface area contributed by atoms with Crippen LogP contribution >= 0.6 is 15.9 Å². The maximum Gasteiger partial charge on any atom is 0.137 e. The predicted molar refractivity (Wildman–Crippen MR) is 82.8 cm³/mol. The van der Waals surface area contributed by atoms with Gasteiger partial charge in [0.15, 0.2) is 0 Å². The minimum absolute atomic E-state index is 0.245. The van der Waals surface area contributed by atoms with Crippen LogP contribution in [-0.4, -0.2) is 6.54 Å². The van der Waals surface area contributed by atoms with Gasteiger partial charge in [0.1, 0.15) is 5.82 Å². The monoisotopic (exact) mass is 319 g/mol. The Balaban J connectivity index is 2.07. The van der Waals surface area contributed by atoms with Gasteiger partial charge in [-0.05, 0) is 51.7 Å². The molecule has 2 aromatic carbocycles. The van der Waals surface area contributed by atoms with E-state index >= 15 is 0 Å². The normalized spacial score (nSPS) is 10.3. The molecule has 0 unspecified atom stereocenters. The van der Waals surface area contributed by atoms with E-state index in [1.807, 2.05) is 37.3 Å². The molecule has 19 heavy (non-hydrogen) atoms. The van der Waals surface area contributed by atoms with Crippen LogP contribution in [0.5, 0.6) is 0 Å². The van der Waals surface area contributed by atoms with E-state index in [1.165, 1.54) is 6.07 Å². The average molecular weight is 320 g/mol. The second kappa shape index (κ2) is 6.02. The van der Waals surface area contributed by atoms with E-state index in [0.29, 0.717) is 11.0 Å². The minimum Gasteiger partial charge on any atom is -0.381 e. The SMILES string of the molecule is C=C(CNc1cc(Br)c(F)cc1C)c1ccccc1. The Morgan fingerprint density at radius 3 is 2.63 bits per heavy atom. The zero-order chi connectivity index (χ0) is 13.8. The van der Waals surface area contributed by atoms with Crippen LogP contribution in [0.4, 0.5) is 10.1 Å². The Hall–Kier alpha value is -1.61. The van der Waals surface area contributed by atoms with Crippen molar-refractivity contribution in [3.05, 3.63) is 70.5 Å². The fourth-order valence-electron chi connectivity index (χ4n) is 1.81. The average Bonchev–Trinajstić information content (AvgIpc) is 2.42.